The largest absolute Gasteiger partial charge is 0.347 e. The van der Waals surface area contributed by atoms with Crippen LogP contribution in [0.1, 0.15) is 5.69 Å². The van der Waals surface area contributed by atoms with Gasteiger partial charge in [-0.1, -0.05) is 11.6 Å². The van der Waals surface area contributed by atoms with Crippen molar-refractivity contribution in [2.24, 2.45) is 0 Å². The Morgan fingerprint density at radius 2 is 1.94 bits per heavy atom. The van der Waals surface area contributed by atoms with E-state index in [4.69, 9.17) is 11.6 Å². The van der Waals surface area contributed by atoms with Crippen molar-refractivity contribution >= 4 is 17.5 Å². The van der Waals surface area contributed by atoms with E-state index in [9.17, 15) is 0 Å². The molecule has 0 atom stereocenters. The van der Waals surface area contributed by atoms with Crippen LogP contribution in [0.5, 0.6) is 0 Å². The standard InChI is InChI=1S/C11H12ClN5/c1-7-6-9(12)16-10(14-7)8-4-5-13-11(15-8)17(2)3/h4-6H,1-3H3. The van der Waals surface area contributed by atoms with Gasteiger partial charge in [0.15, 0.2) is 5.82 Å². The van der Waals surface area contributed by atoms with Gasteiger partial charge in [0.05, 0.1) is 0 Å². The van der Waals surface area contributed by atoms with Crippen LogP contribution in [-0.4, -0.2) is 34.0 Å². The van der Waals surface area contributed by atoms with Crippen LogP contribution in [0.25, 0.3) is 11.5 Å². The number of aryl methyl sites for hydroxylation is 1. The summed E-state index contributed by atoms with van der Waals surface area (Å²) in [6.07, 6.45) is 1.68. The normalized spacial score (nSPS) is 10.4. The van der Waals surface area contributed by atoms with Crippen molar-refractivity contribution in [3.05, 3.63) is 29.2 Å². The second-order valence-electron chi connectivity index (χ2n) is 3.79. The maximum Gasteiger partial charge on any atom is 0.225 e. The minimum Gasteiger partial charge on any atom is -0.347 e. The van der Waals surface area contributed by atoms with Crippen LogP contribution in [-0.2, 0) is 0 Å². The topological polar surface area (TPSA) is 54.8 Å². The number of hydrogen-bond donors (Lipinski definition) is 0. The monoisotopic (exact) mass is 249 g/mol. The third-order valence-corrected chi connectivity index (χ3v) is 2.29. The van der Waals surface area contributed by atoms with E-state index >= 15 is 0 Å². The Morgan fingerprint density at radius 1 is 1.18 bits per heavy atom. The van der Waals surface area contributed by atoms with Gasteiger partial charge in [0.1, 0.15) is 10.8 Å². The van der Waals surface area contributed by atoms with Gasteiger partial charge in [0.25, 0.3) is 0 Å². The van der Waals surface area contributed by atoms with Gasteiger partial charge in [0, 0.05) is 26.0 Å². The summed E-state index contributed by atoms with van der Waals surface area (Å²) in [5.41, 5.74) is 1.47. The SMILES string of the molecule is Cc1cc(Cl)nc(-c2ccnc(N(C)C)n2)n1. The van der Waals surface area contributed by atoms with Gasteiger partial charge < -0.3 is 4.90 Å². The molecule has 0 bridgehead atoms. The molecule has 0 saturated heterocycles. The average molecular weight is 250 g/mol. The molecule has 0 aromatic carbocycles. The first-order valence-corrected chi connectivity index (χ1v) is 5.46. The Bertz CT molecular complexity index is 521. The van der Waals surface area contributed by atoms with Crippen molar-refractivity contribution in [3.63, 3.8) is 0 Å². The first-order chi connectivity index (χ1) is 8.06. The first kappa shape index (κ1) is 11.7. The van der Waals surface area contributed by atoms with Crippen molar-refractivity contribution in [3.8, 4) is 11.5 Å². The highest BCUT2D eigenvalue weighted by Gasteiger charge is 2.07. The van der Waals surface area contributed by atoms with E-state index in [1.165, 1.54) is 0 Å². The van der Waals surface area contributed by atoms with Crippen molar-refractivity contribution in [1.29, 1.82) is 0 Å². The van der Waals surface area contributed by atoms with Gasteiger partial charge in [0.2, 0.25) is 5.95 Å². The number of nitrogens with zero attached hydrogens (tertiary/aromatic N) is 5. The molecule has 0 N–H and O–H groups in total. The van der Waals surface area contributed by atoms with E-state index in [0.717, 1.165) is 5.69 Å². The summed E-state index contributed by atoms with van der Waals surface area (Å²) in [7, 11) is 3.76. The zero-order valence-electron chi connectivity index (χ0n) is 9.85. The summed E-state index contributed by atoms with van der Waals surface area (Å²) in [6, 6.07) is 3.47. The molecular weight excluding hydrogens is 238 g/mol. The summed E-state index contributed by atoms with van der Waals surface area (Å²) in [4.78, 5) is 18.8. The fraction of sp³-hybridized carbons (Fsp3) is 0.273. The summed E-state index contributed by atoms with van der Waals surface area (Å²) in [5.74, 6) is 1.13. The Kier molecular flexibility index (Phi) is 3.19. The molecule has 17 heavy (non-hydrogen) atoms. The lowest BCUT2D eigenvalue weighted by molar-refractivity contribution is 0.988. The van der Waals surface area contributed by atoms with Crippen molar-refractivity contribution in [2.75, 3.05) is 19.0 Å². The highest BCUT2D eigenvalue weighted by atomic mass is 35.5. The molecule has 0 radical (unpaired) electrons. The molecular formula is C11H12ClN5. The molecule has 0 saturated carbocycles. The molecule has 88 valence electrons. The first-order valence-electron chi connectivity index (χ1n) is 5.08. The van der Waals surface area contributed by atoms with Crippen LogP contribution in [0.3, 0.4) is 0 Å². The van der Waals surface area contributed by atoms with E-state index < -0.39 is 0 Å². The predicted octanol–water partition coefficient (Wildman–Crippen LogP) is 1.96. The number of aromatic nitrogens is 4. The van der Waals surface area contributed by atoms with Gasteiger partial charge in [-0.15, -0.1) is 0 Å². The Morgan fingerprint density at radius 3 is 2.59 bits per heavy atom. The average Bonchev–Trinajstić information content (AvgIpc) is 2.28. The lowest BCUT2D eigenvalue weighted by Crippen LogP contribution is -2.12. The molecule has 0 aliphatic carbocycles. The highest BCUT2D eigenvalue weighted by molar-refractivity contribution is 6.29. The Balaban J connectivity index is 2.49. The fourth-order valence-corrected chi connectivity index (χ4v) is 1.57. The van der Waals surface area contributed by atoms with Gasteiger partial charge in [-0.25, -0.2) is 19.9 Å². The third-order valence-electron chi connectivity index (χ3n) is 2.09. The van der Waals surface area contributed by atoms with Crippen LogP contribution in [0, 0.1) is 6.92 Å². The zero-order chi connectivity index (χ0) is 12.4. The maximum absolute atomic E-state index is 5.90. The number of rotatable bonds is 2. The summed E-state index contributed by atoms with van der Waals surface area (Å²) >= 11 is 5.90. The van der Waals surface area contributed by atoms with Crippen molar-refractivity contribution in [2.45, 2.75) is 6.92 Å². The molecule has 2 aromatic rings. The molecule has 2 heterocycles. The zero-order valence-corrected chi connectivity index (χ0v) is 10.6. The van der Waals surface area contributed by atoms with E-state index in [2.05, 4.69) is 19.9 Å². The van der Waals surface area contributed by atoms with E-state index in [-0.39, 0.29) is 0 Å². The molecule has 0 aliphatic heterocycles. The second-order valence-corrected chi connectivity index (χ2v) is 4.18. The molecule has 0 amide bonds. The second kappa shape index (κ2) is 4.63. The minimum absolute atomic E-state index is 0.414. The third kappa shape index (κ3) is 2.68. The van der Waals surface area contributed by atoms with Crippen LogP contribution >= 0.6 is 11.6 Å². The highest BCUT2D eigenvalue weighted by Crippen LogP contribution is 2.17. The fourth-order valence-electron chi connectivity index (χ4n) is 1.33. The Labute approximate surface area is 105 Å². The van der Waals surface area contributed by atoms with Gasteiger partial charge in [-0.3, -0.25) is 0 Å². The van der Waals surface area contributed by atoms with E-state index in [1.54, 1.807) is 18.3 Å². The van der Waals surface area contributed by atoms with E-state index in [0.29, 0.717) is 22.6 Å². The van der Waals surface area contributed by atoms with Crippen LogP contribution in [0.4, 0.5) is 5.95 Å². The maximum atomic E-state index is 5.90. The molecule has 2 rings (SSSR count). The molecule has 0 unspecified atom stereocenters. The molecule has 6 heteroatoms. The van der Waals surface area contributed by atoms with Crippen molar-refractivity contribution in [1.82, 2.24) is 19.9 Å². The van der Waals surface area contributed by atoms with Crippen LogP contribution < -0.4 is 4.90 Å². The molecule has 0 fully saturated rings. The smallest absolute Gasteiger partial charge is 0.225 e. The number of hydrogen-bond acceptors (Lipinski definition) is 5. The van der Waals surface area contributed by atoms with Gasteiger partial charge in [-0.2, -0.15) is 0 Å². The van der Waals surface area contributed by atoms with Crippen molar-refractivity contribution < 1.29 is 0 Å². The predicted molar refractivity (Wildman–Crippen MR) is 67.1 cm³/mol. The van der Waals surface area contributed by atoms with Crippen LogP contribution in [0.2, 0.25) is 5.15 Å². The quantitative estimate of drug-likeness (QED) is 0.762. The Hall–Kier alpha value is -1.75. The van der Waals surface area contributed by atoms with Gasteiger partial charge in [-0.05, 0) is 19.1 Å². The molecule has 5 nitrogen and oxygen atoms in total. The lowest BCUT2D eigenvalue weighted by Gasteiger charge is -2.10. The number of anilines is 1. The summed E-state index contributed by atoms with van der Waals surface area (Å²) in [6.45, 7) is 1.87. The number of halogens is 1. The van der Waals surface area contributed by atoms with Gasteiger partial charge >= 0.3 is 0 Å². The molecule has 0 spiro atoms. The molecule has 2 aromatic heterocycles. The minimum atomic E-state index is 0.414. The lowest BCUT2D eigenvalue weighted by atomic mass is 10.3. The van der Waals surface area contributed by atoms with Crippen LogP contribution in [0.15, 0.2) is 18.3 Å². The van der Waals surface area contributed by atoms with E-state index in [1.807, 2.05) is 25.9 Å². The molecule has 0 aliphatic rings. The summed E-state index contributed by atoms with van der Waals surface area (Å²) < 4.78 is 0. The summed E-state index contributed by atoms with van der Waals surface area (Å²) in [5, 5.41) is 0.414.